The van der Waals surface area contributed by atoms with Crippen LogP contribution in [-0.4, -0.2) is 72.5 Å². The first-order valence-corrected chi connectivity index (χ1v) is 9.57. The number of hydrogen-bond donors (Lipinski definition) is 0. The zero-order valence-electron chi connectivity index (χ0n) is 14.1. The van der Waals surface area contributed by atoms with Gasteiger partial charge in [0.2, 0.25) is 5.91 Å². The van der Waals surface area contributed by atoms with Gasteiger partial charge in [-0.1, -0.05) is 19.3 Å². The molecule has 0 bridgehead atoms. The van der Waals surface area contributed by atoms with Crippen molar-refractivity contribution in [2.75, 3.05) is 45.8 Å². The molecule has 0 aromatic rings. The van der Waals surface area contributed by atoms with E-state index in [-0.39, 0.29) is 0 Å². The molecular formula is C18H33N3O. The van der Waals surface area contributed by atoms with Crippen molar-refractivity contribution in [3.63, 3.8) is 0 Å². The van der Waals surface area contributed by atoms with Crippen LogP contribution in [0.3, 0.4) is 0 Å². The third kappa shape index (κ3) is 4.45. The third-order valence-corrected chi connectivity index (χ3v) is 5.75. The van der Waals surface area contributed by atoms with Crippen LogP contribution in [-0.2, 0) is 4.79 Å². The molecule has 0 unspecified atom stereocenters. The normalized spacial score (nSPS) is 28.7. The topological polar surface area (TPSA) is 26.8 Å². The molecule has 4 nitrogen and oxygen atoms in total. The molecule has 3 aliphatic rings. The summed E-state index contributed by atoms with van der Waals surface area (Å²) in [5.41, 5.74) is 0. The number of nitrogens with zero attached hydrogens (tertiary/aromatic N) is 3. The molecule has 3 fully saturated rings. The van der Waals surface area contributed by atoms with Crippen LogP contribution in [0.5, 0.6) is 0 Å². The smallest absolute Gasteiger partial charge is 0.223 e. The summed E-state index contributed by atoms with van der Waals surface area (Å²) in [7, 11) is 0. The number of amides is 1. The van der Waals surface area contributed by atoms with Gasteiger partial charge in [0.1, 0.15) is 0 Å². The number of rotatable bonds is 3. The van der Waals surface area contributed by atoms with E-state index in [9.17, 15) is 4.79 Å². The summed E-state index contributed by atoms with van der Waals surface area (Å²) in [5, 5.41) is 0. The van der Waals surface area contributed by atoms with Crippen LogP contribution in [0.1, 0.15) is 57.8 Å². The zero-order chi connectivity index (χ0) is 15.2. The van der Waals surface area contributed by atoms with Gasteiger partial charge in [-0.25, -0.2) is 0 Å². The minimum atomic E-state index is 0.399. The van der Waals surface area contributed by atoms with E-state index in [1.54, 1.807) is 0 Å². The van der Waals surface area contributed by atoms with Gasteiger partial charge in [0.15, 0.2) is 0 Å². The van der Waals surface area contributed by atoms with Gasteiger partial charge in [0.05, 0.1) is 0 Å². The zero-order valence-corrected chi connectivity index (χ0v) is 14.1. The molecule has 3 rings (SSSR count). The molecule has 0 N–H and O–H groups in total. The second kappa shape index (κ2) is 8.30. The summed E-state index contributed by atoms with van der Waals surface area (Å²) < 4.78 is 0. The minimum absolute atomic E-state index is 0.399. The highest BCUT2D eigenvalue weighted by Crippen LogP contribution is 2.21. The Morgan fingerprint density at radius 1 is 0.818 bits per heavy atom. The Labute approximate surface area is 135 Å². The van der Waals surface area contributed by atoms with Crippen molar-refractivity contribution in [2.45, 2.75) is 63.8 Å². The molecule has 126 valence electrons. The summed E-state index contributed by atoms with van der Waals surface area (Å²) in [4.78, 5) is 19.9. The maximum Gasteiger partial charge on any atom is 0.223 e. The molecule has 0 spiro atoms. The Morgan fingerprint density at radius 3 is 2.36 bits per heavy atom. The first-order valence-electron chi connectivity index (χ1n) is 9.57. The van der Waals surface area contributed by atoms with E-state index in [1.165, 1.54) is 71.1 Å². The third-order valence-electron chi connectivity index (χ3n) is 5.75. The van der Waals surface area contributed by atoms with Gasteiger partial charge in [-0.05, 0) is 51.7 Å². The largest absolute Gasteiger partial charge is 0.341 e. The molecule has 3 aliphatic heterocycles. The van der Waals surface area contributed by atoms with Crippen molar-refractivity contribution in [3.8, 4) is 0 Å². The second-order valence-electron chi connectivity index (χ2n) is 7.38. The molecule has 1 amide bonds. The van der Waals surface area contributed by atoms with E-state index in [0.29, 0.717) is 11.9 Å². The molecule has 3 saturated heterocycles. The Kier molecular flexibility index (Phi) is 6.13. The molecule has 0 aliphatic carbocycles. The lowest BCUT2D eigenvalue weighted by atomic mass is 10.1. The quantitative estimate of drug-likeness (QED) is 0.801. The van der Waals surface area contributed by atoms with Crippen molar-refractivity contribution in [3.05, 3.63) is 0 Å². The van der Waals surface area contributed by atoms with E-state index >= 15 is 0 Å². The number of hydrogen-bond acceptors (Lipinski definition) is 3. The summed E-state index contributed by atoms with van der Waals surface area (Å²) >= 11 is 0. The predicted octanol–water partition coefficient (Wildman–Crippen LogP) is 2.34. The average Bonchev–Trinajstić information content (AvgIpc) is 2.83. The molecule has 3 heterocycles. The van der Waals surface area contributed by atoms with Crippen molar-refractivity contribution in [1.29, 1.82) is 0 Å². The monoisotopic (exact) mass is 307 g/mol. The van der Waals surface area contributed by atoms with Crippen LogP contribution in [0.4, 0.5) is 0 Å². The highest BCUT2D eigenvalue weighted by Gasteiger charge is 2.30. The Morgan fingerprint density at radius 2 is 1.55 bits per heavy atom. The van der Waals surface area contributed by atoms with Gasteiger partial charge in [0, 0.05) is 38.6 Å². The molecule has 0 radical (unpaired) electrons. The number of carbonyl (C=O) groups is 1. The van der Waals surface area contributed by atoms with Crippen molar-refractivity contribution >= 4 is 5.91 Å². The fraction of sp³-hybridized carbons (Fsp3) is 0.944. The van der Waals surface area contributed by atoms with Crippen molar-refractivity contribution in [2.24, 2.45) is 0 Å². The Balaban J connectivity index is 1.44. The average molecular weight is 307 g/mol. The van der Waals surface area contributed by atoms with Crippen LogP contribution in [0.15, 0.2) is 0 Å². The van der Waals surface area contributed by atoms with Gasteiger partial charge in [-0.3, -0.25) is 9.69 Å². The lowest BCUT2D eigenvalue weighted by Crippen LogP contribution is -2.41. The minimum Gasteiger partial charge on any atom is -0.341 e. The fourth-order valence-electron chi connectivity index (χ4n) is 4.38. The van der Waals surface area contributed by atoms with Gasteiger partial charge in [-0.2, -0.15) is 0 Å². The maximum atomic E-state index is 12.6. The van der Waals surface area contributed by atoms with Crippen molar-refractivity contribution < 1.29 is 4.79 Å². The summed E-state index contributed by atoms with van der Waals surface area (Å²) in [6, 6.07) is 0.646. The summed E-state index contributed by atoms with van der Waals surface area (Å²) in [6.45, 7) is 7.78. The lowest BCUT2D eigenvalue weighted by molar-refractivity contribution is -0.131. The van der Waals surface area contributed by atoms with Crippen LogP contribution >= 0.6 is 0 Å². The SMILES string of the molecule is O=C(CCN1CCCCCCC1)N1CCCN2CCC[C@H]2C1. The molecule has 22 heavy (non-hydrogen) atoms. The van der Waals surface area contributed by atoms with E-state index in [0.717, 1.165) is 32.5 Å². The van der Waals surface area contributed by atoms with Crippen LogP contribution in [0, 0.1) is 0 Å². The maximum absolute atomic E-state index is 12.6. The van der Waals surface area contributed by atoms with E-state index in [2.05, 4.69) is 14.7 Å². The van der Waals surface area contributed by atoms with Gasteiger partial charge < -0.3 is 9.80 Å². The molecule has 0 aromatic carbocycles. The summed E-state index contributed by atoms with van der Waals surface area (Å²) in [6.07, 6.45) is 11.3. The van der Waals surface area contributed by atoms with Gasteiger partial charge in [0.25, 0.3) is 0 Å². The predicted molar refractivity (Wildman–Crippen MR) is 89.9 cm³/mol. The number of carbonyl (C=O) groups excluding carboxylic acids is 1. The van der Waals surface area contributed by atoms with Crippen molar-refractivity contribution in [1.82, 2.24) is 14.7 Å². The molecule has 4 heteroatoms. The van der Waals surface area contributed by atoms with Crippen LogP contribution < -0.4 is 0 Å². The first-order chi connectivity index (χ1) is 10.8. The molecular weight excluding hydrogens is 274 g/mol. The fourth-order valence-corrected chi connectivity index (χ4v) is 4.38. The number of likely N-dealkylation sites (tertiary alicyclic amines) is 1. The van der Waals surface area contributed by atoms with E-state index in [4.69, 9.17) is 0 Å². The Hall–Kier alpha value is -0.610. The molecule has 0 saturated carbocycles. The van der Waals surface area contributed by atoms with Crippen LogP contribution in [0.2, 0.25) is 0 Å². The number of fused-ring (bicyclic) bond motifs is 1. The highest BCUT2D eigenvalue weighted by atomic mass is 16.2. The van der Waals surface area contributed by atoms with Crippen LogP contribution in [0.25, 0.3) is 0 Å². The van der Waals surface area contributed by atoms with Gasteiger partial charge in [-0.15, -0.1) is 0 Å². The first kappa shape index (κ1) is 16.3. The van der Waals surface area contributed by atoms with E-state index < -0.39 is 0 Å². The van der Waals surface area contributed by atoms with Gasteiger partial charge >= 0.3 is 0 Å². The standard InChI is InChI=1S/C18H33N3O/c22-18(9-15-19-10-4-2-1-3-5-11-19)21-14-7-13-20-12-6-8-17(20)16-21/h17H,1-16H2/t17-/m0/s1. The summed E-state index contributed by atoms with van der Waals surface area (Å²) in [5.74, 6) is 0.399. The highest BCUT2D eigenvalue weighted by molar-refractivity contribution is 5.76. The molecule has 0 aromatic heterocycles. The second-order valence-corrected chi connectivity index (χ2v) is 7.38. The van der Waals surface area contributed by atoms with E-state index in [1.807, 2.05) is 0 Å². The Bertz CT molecular complexity index is 352. The molecule has 1 atom stereocenters. The lowest BCUT2D eigenvalue weighted by Gasteiger charge is -2.28.